The Morgan fingerprint density at radius 1 is 1.12 bits per heavy atom. The van der Waals surface area contributed by atoms with E-state index < -0.39 is 0 Å². The van der Waals surface area contributed by atoms with Crippen LogP contribution in [0.3, 0.4) is 0 Å². The monoisotopic (exact) mass is 323 g/mol. The molecule has 0 aliphatic carbocycles. The topological polar surface area (TPSA) is 57.2 Å². The maximum absolute atomic E-state index is 12.7. The zero-order chi connectivity index (χ0) is 16.4. The molecule has 24 heavy (non-hydrogen) atoms. The van der Waals surface area contributed by atoms with E-state index in [2.05, 4.69) is 19.4 Å². The van der Waals surface area contributed by atoms with E-state index in [1.54, 1.807) is 6.20 Å². The fourth-order valence-electron chi connectivity index (χ4n) is 3.22. The first kappa shape index (κ1) is 15.0. The van der Waals surface area contributed by atoms with E-state index in [4.69, 9.17) is 0 Å². The van der Waals surface area contributed by atoms with E-state index >= 15 is 0 Å². The summed E-state index contributed by atoms with van der Waals surface area (Å²) in [4.78, 5) is 24.3. The summed E-state index contributed by atoms with van der Waals surface area (Å²) in [5.41, 5.74) is 1.84. The Morgan fingerprint density at radius 3 is 2.79 bits per heavy atom. The van der Waals surface area contributed by atoms with Crippen molar-refractivity contribution >= 4 is 16.8 Å². The summed E-state index contributed by atoms with van der Waals surface area (Å²) in [6.07, 6.45) is 7.53. The maximum Gasteiger partial charge on any atom is 0.253 e. The molecule has 6 heteroatoms. The number of fused-ring (bicyclic) bond motifs is 1. The molecule has 3 aromatic rings. The molecule has 4 rings (SSSR count). The molecule has 0 saturated carbocycles. The van der Waals surface area contributed by atoms with Gasteiger partial charge in [0, 0.05) is 74.3 Å². The van der Waals surface area contributed by atoms with Gasteiger partial charge in [0.25, 0.3) is 5.91 Å². The second-order valence-electron chi connectivity index (χ2n) is 6.21. The second-order valence-corrected chi connectivity index (χ2v) is 6.21. The predicted molar refractivity (Wildman–Crippen MR) is 92.9 cm³/mol. The van der Waals surface area contributed by atoms with Gasteiger partial charge in [0.15, 0.2) is 0 Å². The van der Waals surface area contributed by atoms with Crippen LogP contribution >= 0.6 is 0 Å². The highest BCUT2D eigenvalue weighted by molar-refractivity contribution is 5.98. The summed E-state index contributed by atoms with van der Waals surface area (Å²) >= 11 is 0. The van der Waals surface area contributed by atoms with Crippen molar-refractivity contribution in [1.82, 2.24) is 24.3 Å². The van der Waals surface area contributed by atoms with Crippen molar-refractivity contribution in [3.8, 4) is 0 Å². The first-order chi connectivity index (χ1) is 11.8. The lowest BCUT2D eigenvalue weighted by atomic mass is 10.1. The lowest BCUT2D eigenvalue weighted by Gasteiger charge is -2.34. The Labute approximate surface area is 140 Å². The third kappa shape index (κ3) is 3.05. The fraction of sp³-hybridized carbons (Fsp3) is 0.333. The molecule has 1 aliphatic heterocycles. The van der Waals surface area contributed by atoms with Gasteiger partial charge >= 0.3 is 0 Å². The van der Waals surface area contributed by atoms with E-state index in [0.29, 0.717) is 0 Å². The summed E-state index contributed by atoms with van der Waals surface area (Å²) in [5, 5.41) is 1.08. The molecular weight excluding hydrogens is 302 g/mol. The van der Waals surface area contributed by atoms with Gasteiger partial charge in [-0.1, -0.05) is 0 Å². The summed E-state index contributed by atoms with van der Waals surface area (Å²) < 4.78 is 2.09. The average molecular weight is 323 g/mol. The molecule has 0 spiro atoms. The number of nitrogens with one attached hydrogen (secondary N) is 1. The Bertz CT molecular complexity index is 815. The van der Waals surface area contributed by atoms with E-state index in [1.165, 1.54) is 0 Å². The zero-order valence-electron chi connectivity index (χ0n) is 13.6. The highest BCUT2D eigenvalue weighted by Crippen LogP contribution is 2.16. The molecule has 1 amide bonds. The number of benzene rings is 1. The molecule has 0 radical (unpaired) electrons. The predicted octanol–water partition coefficient (Wildman–Crippen LogP) is 1.82. The minimum Gasteiger partial charge on any atom is -0.361 e. The van der Waals surface area contributed by atoms with E-state index in [1.807, 2.05) is 47.9 Å². The lowest BCUT2D eigenvalue weighted by molar-refractivity contribution is 0.0633. The molecule has 3 heterocycles. The number of piperazine rings is 1. The van der Waals surface area contributed by atoms with Crippen molar-refractivity contribution in [2.24, 2.45) is 0 Å². The Hall–Kier alpha value is -2.60. The lowest BCUT2D eigenvalue weighted by Crippen LogP contribution is -2.49. The van der Waals surface area contributed by atoms with Gasteiger partial charge in [-0.3, -0.25) is 9.69 Å². The van der Waals surface area contributed by atoms with Crippen molar-refractivity contribution in [2.75, 3.05) is 32.7 Å². The molecule has 1 aromatic carbocycles. The van der Waals surface area contributed by atoms with Crippen LogP contribution in [0.2, 0.25) is 0 Å². The van der Waals surface area contributed by atoms with Crippen LogP contribution in [0.15, 0.2) is 49.2 Å². The van der Waals surface area contributed by atoms with Gasteiger partial charge in [-0.05, 0) is 24.3 Å². The number of imidazole rings is 1. The molecular formula is C18H21N5O. The van der Waals surface area contributed by atoms with Gasteiger partial charge in [-0.2, -0.15) is 0 Å². The van der Waals surface area contributed by atoms with E-state index in [0.717, 1.165) is 55.7 Å². The van der Waals surface area contributed by atoms with Crippen LogP contribution in [-0.4, -0.2) is 63.0 Å². The summed E-state index contributed by atoms with van der Waals surface area (Å²) in [6.45, 7) is 5.35. The molecule has 2 aromatic heterocycles. The van der Waals surface area contributed by atoms with Gasteiger partial charge in [-0.15, -0.1) is 0 Å². The largest absolute Gasteiger partial charge is 0.361 e. The second kappa shape index (κ2) is 6.49. The molecule has 124 valence electrons. The quantitative estimate of drug-likeness (QED) is 0.797. The van der Waals surface area contributed by atoms with Gasteiger partial charge in [0.2, 0.25) is 0 Å². The smallest absolute Gasteiger partial charge is 0.253 e. The van der Waals surface area contributed by atoms with Crippen molar-refractivity contribution in [1.29, 1.82) is 0 Å². The summed E-state index contributed by atoms with van der Waals surface area (Å²) in [5.74, 6) is 0.132. The number of carbonyl (C=O) groups is 1. The number of H-pyrrole nitrogens is 1. The normalized spacial score (nSPS) is 15.9. The van der Waals surface area contributed by atoms with Gasteiger partial charge in [0.05, 0.1) is 6.33 Å². The van der Waals surface area contributed by atoms with E-state index in [9.17, 15) is 4.79 Å². The number of aromatic amines is 1. The minimum atomic E-state index is 0.132. The number of carbonyl (C=O) groups excluding carboxylic acids is 1. The van der Waals surface area contributed by atoms with Gasteiger partial charge in [0.1, 0.15) is 0 Å². The Balaban J connectivity index is 1.33. The fourth-order valence-corrected chi connectivity index (χ4v) is 3.22. The molecule has 1 N–H and O–H groups in total. The number of aromatic nitrogens is 3. The first-order valence-electron chi connectivity index (χ1n) is 8.34. The third-order valence-corrected chi connectivity index (χ3v) is 4.69. The Kier molecular flexibility index (Phi) is 4.04. The number of amides is 1. The van der Waals surface area contributed by atoms with Gasteiger partial charge in [-0.25, -0.2) is 4.98 Å². The molecule has 0 atom stereocenters. The van der Waals surface area contributed by atoms with Crippen LogP contribution in [0.4, 0.5) is 0 Å². The van der Waals surface area contributed by atoms with Crippen LogP contribution < -0.4 is 0 Å². The van der Waals surface area contributed by atoms with Crippen molar-refractivity contribution < 1.29 is 4.79 Å². The highest BCUT2D eigenvalue weighted by Gasteiger charge is 2.22. The minimum absolute atomic E-state index is 0.132. The molecule has 6 nitrogen and oxygen atoms in total. The number of hydrogen-bond donors (Lipinski definition) is 1. The number of nitrogens with zero attached hydrogens (tertiary/aromatic N) is 4. The average Bonchev–Trinajstić information content (AvgIpc) is 3.30. The number of rotatable bonds is 4. The molecule has 1 saturated heterocycles. The first-order valence-corrected chi connectivity index (χ1v) is 8.34. The molecule has 0 unspecified atom stereocenters. The van der Waals surface area contributed by atoms with E-state index in [-0.39, 0.29) is 5.91 Å². The van der Waals surface area contributed by atoms with Crippen molar-refractivity contribution in [3.63, 3.8) is 0 Å². The van der Waals surface area contributed by atoms with Crippen LogP contribution in [-0.2, 0) is 6.54 Å². The molecule has 1 aliphatic rings. The van der Waals surface area contributed by atoms with Crippen molar-refractivity contribution in [3.05, 3.63) is 54.7 Å². The standard InChI is InChI=1S/C18H21N5O/c24-18(16-1-2-17-15(13-16)3-4-20-17)23-11-9-21(10-12-23)7-8-22-6-5-19-14-22/h1-6,13-14,20H,7-12H2. The van der Waals surface area contributed by atoms with Crippen molar-refractivity contribution in [2.45, 2.75) is 6.54 Å². The SMILES string of the molecule is O=C(c1ccc2[nH]ccc2c1)N1CCN(CCn2ccnc2)CC1. The maximum atomic E-state index is 12.7. The molecule has 1 fully saturated rings. The molecule has 0 bridgehead atoms. The summed E-state index contributed by atoms with van der Waals surface area (Å²) in [6, 6.07) is 7.86. The summed E-state index contributed by atoms with van der Waals surface area (Å²) in [7, 11) is 0. The number of hydrogen-bond acceptors (Lipinski definition) is 3. The van der Waals surface area contributed by atoms with Crippen LogP contribution in [0, 0.1) is 0 Å². The van der Waals surface area contributed by atoms with Crippen LogP contribution in [0.1, 0.15) is 10.4 Å². The Morgan fingerprint density at radius 2 is 2.00 bits per heavy atom. The zero-order valence-corrected chi connectivity index (χ0v) is 13.6. The highest BCUT2D eigenvalue weighted by atomic mass is 16.2. The third-order valence-electron chi connectivity index (χ3n) is 4.69. The van der Waals surface area contributed by atoms with Gasteiger partial charge < -0.3 is 14.5 Å². The van der Waals surface area contributed by atoms with Crippen LogP contribution in [0.25, 0.3) is 10.9 Å². The van der Waals surface area contributed by atoms with Crippen LogP contribution in [0.5, 0.6) is 0 Å².